The first kappa shape index (κ1) is 12.6. The number of aryl methyl sites for hydroxylation is 1. The molecule has 0 radical (unpaired) electrons. The van der Waals surface area contributed by atoms with Crippen molar-refractivity contribution in [3.8, 4) is 0 Å². The number of pyridine rings is 1. The van der Waals surface area contributed by atoms with Crippen molar-refractivity contribution in [1.29, 1.82) is 0 Å². The quantitative estimate of drug-likeness (QED) is 0.710. The van der Waals surface area contributed by atoms with Gasteiger partial charge in [-0.15, -0.1) is 0 Å². The van der Waals surface area contributed by atoms with Crippen molar-refractivity contribution in [2.75, 3.05) is 6.61 Å². The number of hydrogen-bond donors (Lipinski definition) is 1. The van der Waals surface area contributed by atoms with Crippen LogP contribution in [-0.4, -0.2) is 16.3 Å². The zero-order valence-corrected chi connectivity index (χ0v) is 10.9. The van der Waals surface area contributed by atoms with Crippen LogP contribution in [0.2, 0.25) is 0 Å². The summed E-state index contributed by atoms with van der Waals surface area (Å²) >= 11 is 0. The molecule has 0 saturated carbocycles. The van der Waals surface area contributed by atoms with Crippen LogP contribution in [0.1, 0.15) is 5.56 Å². The molecule has 2 aromatic heterocycles. The van der Waals surface area contributed by atoms with Gasteiger partial charge in [-0.2, -0.15) is 0 Å². The second-order valence-corrected chi connectivity index (χ2v) is 4.66. The van der Waals surface area contributed by atoms with Gasteiger partial charge in [0, 0.05) is 31.0 Å². The number of nitrogens with zero attached hydrogens (tertiary/aromatic N) is 1. The number of aliphatic hydroxyl groups excluding tert-OH is 1. The summed E-state index contributed by atoms with van der Waals surface area (Å²) in [5.41, 5.74) is 0.595. The standard InChI is InChI=1S/C15H13NO4/c1-16-12-5-3-2-4-10(12)13-11(14(16)18)8-9(6-7-17)15(19)20-13/h2-5,8,17H,6-7H2,1H3. The first-order valence-electron chi connectivity index (χ1n) is 6.29. The second kappa shape index (κ2) is 4.61. The molecule has 0 fully saturated rings. The molecule has 1 N–H and O–H groups in total. The molecule has 20 heavy (non-hydrogen) atoms. The highest BCUT2D eigenvalue weighted by molar-refractivity contribution is 6.01. The van der Waals surface area contributed by atoms with E-state index < -0.39 is 5.63 Å². The van der Waals surface area contributed by atoms with Crippen molar-refractivity contribution in [2.24, 2.45) is 7.05 Å². The Bertz CT molecular complexity index is 921. The van der Waals surface area contributed by atoms with Crippen LogP contribution in [0.3, 0.4) is 0 Å². The predicted octanol–water partition coefficient (Wildman–Crippen LogP) is 1.18. The van der Waals surface area contributed by atoms with E-state index in [0.717, 1.165) is 5.39 Å². The lowest BCUT2D eigenvalue weighted by Gasteiger charge is -2.08. The van der Waals surface area contributed by atoms with Crippen LogP contribution in [0.4, 0.5) is 0 Å². The van der Waals surface area contributed by atoms with Crippen LogP contribution in [0.15, 0.2) is 44.3 Å². The first-order chi connectivity index (χ1) is 9.63. The third-order valence-electron chi connectivity index (χ3n) is 3.45. The largest absolute Gasteiger partial charge is 0.422 e. The summed E-state index contributed by atoms with van der Waals surface area (Å²) in [5, 5.41) is 10.0. The fourth-order valence-corrected chi connectivity index (χ4v) is 2.41. The molecule has 0 unspecified atom stereocenters. The van der Waals surface area contributed by atoms with Gasteiger partial charge in [0.15, 0.2) is 5.58 Å². The number of benzene rings is 1. The molecule has 0 aliphatic carbocycles. The van der Waals surface area contributed by atoms with Crippen LogP contribution >= 0.6 is 0 Å². The molecule has 102 valence electrons. The maximum Gasteiger partial charge on any atom is 0.339 e. The number of rotatable bonds is 2. The molecule has 1 aromatic carbocycles. The topological polar surface area (TPSA) is 72.4 Å². The summed E-state index contributed by atoms with van der Waals surface area (Å²) in [5.74, 6) is 0. The van der Waals surface area contributed by atoms with E-state index in [-0.39, 0.29) is 18.6 Å². The summed E-state index contributed by atoms with van der Waals surface area (Å²) in [6, 6.07) is 8.79. The highest BCUT2D eigenvalue weighted by Gasteiger charge is 2.13. The Labute approximate surface area is 113 Å². The number of fused-ring (bicyclic) bond motifs is 3. The summed E-state index contributed by atoms with van der Waals surface area (Å²) in [6.07, 6.45) is 0.175. The van der Waals surface area contributed by atoms with E-state index in [1.807, 2.05) is 18.2 Å². The Morgan fingerprint density at radius 3 is 2.70 bits per heavy atom. The Morgan fingerprint density at radius 2 is 1.95 bits per heavy atom. The monoisotopic (exact) mass is 271 g/mol. The molecule has 0 atom stereocenters. The number of aliphatic hydroxyl groups is 1. The van der Waals surface area contributed by atoms with Gasteiger partial charge in [-0.3, -0.25) is 4.79 Å². The minimum absolute atomic E-state index is 0.163. The van der Waals surface area contributed by atoms with Crippen LogP contribution in [0.5, 0.6) is 0 Å². The average molecular weight is 271 g/mol. The van der Waals surface area contributed by atoms with Gasteiger partial charge < -0.3 is 14.1 Å². The predicted molar refractivity (Wildman–Crippen MR) is 76.0 cm³/mol. The fraction of sp³-hybridized carbons (Fsp3) is 0.200. The minimum Gasteiger partial charge on any atom is -0.422 e. The zero-order valence-electron chi connectivity index (χ0n) is 10.9. The lowest BCUT2D eigenvalue weighted by molar-refractivity contribution is 0.298. The molecule has 0 aliphatic heterocycles. The molecular weight excluding hydrogens is 258 g/mol. The molecule has 0 saturated heterocycles. The van der Waals surface area contributed by atoms with E-state index in [1.165, 1.54) is 10.6 Å². The second-order valence-electron chi connectivity index (χ2n) is 4.66. The zero-order chi connectivity index (χ0) is 14.3. The Kier molecular flexibility index (Phi) is 2.91. The highest BCUT2D eigenvalue weighted by Crippen LogP contribution is 2.21. The first-order valence-corrected chi connectivity index (χ1v) is 6.29. The van der Waals surface area contributed by atoms with Crippen LogP contribution in [0.25, 0.3) is 21.9 Å². The molecule has 0 bridgehead atoms. The van der Waals surface area contributed by atoms with Crippen molar-refractivity contribution >= 4 is 21.9 Å². The lowest BCUT2D eigenvalue weighted by atomic mass is 10.1. The van der Waals surface area contributed by atoms with Gasteiger partial charge in [-0.1, -0.05) is 12.1 Å². The molecule has 0 amide bonds. The fourth-order valence-electron chi connectivity index (χ4n) is 2.41. The van der Waals surface area contributed by atoms with E-state index >= 15 is 0 Å². The molecule has 2 heterocycles. The Morgan fingerprint density at radius 1 is 1.20 bits per heavy atom. The molecule has 0 spiro atoms. The van der Waals surface area contributed by atoms with Crippen molar-refractivity contribution in [1.82, 2.24) is 4.57 Å². The van der Waals surface area contributed by atoms with Crippen LogP contribution in [0, 0.1) is 0 Å². The normalized spacial score (nSPS) is 11.3. The minimum atomic E-state index is -0.509. The smallest absolute Gasteiger partial charge is 0.339 e. The Balaban J connectivity index is 2.55. The van der Waals surface area contributed by atoms with Gasteiger partial charge in [0.25, 0.3) is 5.56 Å². The molecule has 5 heteroatoms. The SMILES string of the molecule is Cn1c(=O)c2cc(CCO)c(=O)oc2c2ccccc21. The van der Waals surface area contributed by atoms with E-state index in [0.29, 0.717) is 22.0 Å². The highest BCUT2D eigenvalue weighted by atomic mass is 16.4. The lowest BCUT2D eigenvalue weighted by Crippen LogP contribution is -2.19. The van der Waals surface area contributed by atoms with Gasteiger partial charge in [-0.25, -0.2) is 4.79 Å². The maximum atomic E-state index is 12.3. The van der Waals surface area contributed by atoms with Crippen molar-refractivity contribution in [3.05, 3.63) is 56.7 Å². The van der Waals surface area contributed by atoms with Crippen molar-refractivity contribution in [2.45, 2.75) is 6.42 Å². The van der Waals surface area contributed by atoms with Gasteiger partial charge >= 0.3 is 5.63 Å². The molecule has 3 rings (SSSR count). The van der Waals surface area contributed by atoms with Crippen molar-refractivity contribution < 1.29 is 9.52 Å². The van der Waals surface area contributed by atoms with E-state index in [1.54, 1.807) is 13.1 Å². The van der Waals surface area contributed by atoms with E-state index in [2.05, 4.69) is 0 Å². The van der Waals surface area contributed by atoms with Gasteiger partial charge in [0.2, 0.25) is 0 Å². The Hall–Kier alpha value is -2.40. The number of aromatic nitrogens is 1. The maximum absolute atomic E-state index is 12.3. The van der Waals surface area contributed by atoms with E-state index in [9.17, 15) is 9.59 Å². The average Bonchev–Trinajstić information content (AvgIpc) is 2.46. The van der Waals surface area contributed by atoms with E-state index in [4.69, 9.17) is 9.52 Å². The van der Waals surface area contributed by atoms with Gasteiger partial charge in [0.1, 0.15) is 0 Å². The molecule has 3 aromatic rings. The molecule has 0 aliphatic rings. The van der Waals surface area contributed by atoms with Crippen molar-refractivity contribution in [3.63, 3.8) is 0 Å². The third-order valence-corrected chi connectivity index (χ3v) is 3.45. The van der Waals surface area contributed by atoms with Gasteiger partial charge in [-0.05, 0) is 18.2 Å². The summed E-state index contributed by atoms with van der Waals surface area (Å²) in [4.78, 5) is 24.2. The van der Waals surface area contributed by atoms with Crippen LogP contribution in [-0.2, 0) is 13.5 Å². The summed E-state index contributed by atoms with van der Waals surface area (Å²) in [7, 11) is 1.68. The van der Waals surface area contributed by atoms with Crippen LogP contribution < -0.4 is 11.2 Å². The molecular formula is C15H13NO4. The number of hydrogen-bond acceptors (Lipinski definition) is 4. The summed E-state index contributed by atoms with van der Waals surface area (Å²) < 4.78 is 6.84. The third kappa shape index (κ3) is 1.75. The van der Waals surface area contributed by atoms with Gasteiger partial charge in [0.05, 0.1) is 10.9 Å². The number of para-hydroxylation sites is 1. The summed E-state index contributed by atoms with van der Waals surface area (Å²) in [6.45, 7) is -0.163. The molecule has 5 nitrogen and oxygen atoms in total.